The van der Waals surface area contributed by atoms with Crippen molar-refractivity contribution in [1.82, 2.24) is 0 Å². The quantitative estimate of drug-likeness (QED) is 0.788. The molecule has 1 unspecified atom stereocenters. The minimum atomic E-state index is -1.13. The first-order valence-corrected chi connectivity index (χ1v) is 6.39. The number of furan rings is 1. The topological polar surface area (TPSA) is 82.7 Å². The van der Waals surface area contributed by atoms with Crippen molar-refractivity contribution in [3.05, 3.63) is 51.9 Å². The number of hydrogen-bond donors (Lipinski definition) is 3. The molecule has 1 heterocycles. The number of nitrogens with one attached hydrogen (secondary N) is 1. The number of aliphatic hydroxyl groups excluding tert-OH is 1. The average Bonchev–Trinajstić information content (AvgIpc) is 2.86. The number of aliphatic hydroxyl groups is 1. The molecule has 20 heavy (non-hydrogen) atoms. The van der Waals surface area contributed by atoms with Crippen molar-refractivity contribution < 1.29 is 19.4 Å². The monoisotopic (exact) mass is 315 g/mol. The molecule has 7 heteroatoms. The van der Waals surface area contributed by atoms with Crippen LogP contribution in [0.1, 0.15) is 17.4 Å². The highest BCUT2D eigenvalue weighted by Gasteiger charge is 2.24. The molecule has 2 aromatic rings. The van der Waals surface area contributed by atoms with Crippen LogP contribution >= 0.6 is 23.2 Å². The molecule has 0 radical (unpaired) electrons. The third kappa shape index (κ3) is 3.25. The summed E-state index contributed by atoms with van der Waals surface area (Å²) in [5.74, 6) is -0.956. The van der Waals surface area contributed by atoms with Gasteiger partial charge in [-0.05, 0) is 24.3 Å². The summed E-state index contributed by atoms with van der Waals surface area (Å²) in [6.45, 7) is -0.225. The van der Waals surface area contributed by atoms with Gasteiger partial charge >= 0.3 is 5.97 Å². The highest BCUT2D eigenvalue weighted by molar-refractivity contribution is 6.36. The minimum absolute atomic E-state index is 0.174. The maximum absolute atomic E-state index is 11.3. The van der Waals surface area contributed by atoms with E-state index in [1.54, 1.807) is 12.1 Å². The Morgan fingerprint density at radius 2 is 2.10 bits per heavy atom. The van der Waals surface area contributed by atoms with Gasteiger partial charge < -0.3 is 19.9 Å². The van der Waals surface area contributed by atoms with Crippen molar-refractivity contribution in [3.8, 4) is 0 Å². The Hall–Kier alpha value is -1.69. The van der Waals surface area contributed by atoms with Gasteiger partial charge in [0.2, 0.25) is 0 Å². The van der Waals surface area contributed by atoms with E-state index in [4.69, 9.17) is 32.7 Å². The summed E-state index contributed by atoms with van der Waals surface area (Å²) in [5, 5.41) is 21.8. The van der Waals surface area contributed by atoms with Crippen LogP contribution in [0.5, 0.6) is 0 Å². The maximum atomic E-state index is 11.3. The molecule has 1 aromatic heterocycles. The Morgan fingerprint density at radius 1 is 1.35 bits per heavy atom. The van der Waals surface area contributed by atoms with Crippen LogP contribution < -0.4 is 5.32 Å². The smallest absolute Gasteiger partial charge is 0.334 e. The molecule has 0 fully saturated rings. The lowest BCUT2D eigenvalue weighted by Gasteiger charge is -2.14. The lowest BCUT2D eigenvalue weighted by atomic mass is 10.2. The van der Waals surface area contributed by atoms with Crippen molar-refractivity contribution in [2.45, 2.75) is 12.6 Å². The fraction of sp³-hybridized carbons (Fsp3) is 0.154. The molecule has 2 rings (SSSR count). The number of hydrogen-bond acceptors (Lipinski definition) is 4. The van der Waals surface area contributed by atoms with Crippen LogP contribution in [0.2, 0.25) is 10.0 Å². The molecule has 0 aliphatic heterocycles. The number of aliphatic carboxylic acids is 1. The van der Waals surface area contributed by atoms with Crippen molar-refractivity contribution >= 4 is 34.9 Å². The third-order valence-electron chi connectivity index (χ3n) is 2.62. The second kappa shape index (κ2) is 6.17. The number of anilines is 1. The Balaban J connectivity index is 2.27. The molecule has 106 valence electrons. The summed E-state index contributed by atoms with van der Waals surface area (Å²) < 4.78 is 5.14. The van der Waals surface area contributed by atoms with E-state index in [9.17, 15) is 9.90 Å². The first-order valence-electron chi connectivity index (χ1n) is 5.64. The molecule has 3 N–H and O–H groups in total. The molecule has 0 spiro atoms. The third-order valence-corrected chi connectivity index (χ3v) is 3.17. The molecule has 1 aromatic carbocycles. The zero-order valence-electron chi connectivity index (χ0n) is 10.1. The molecule has 0 amide bonds. The molecule has 0 aliphatic rings. The van der Waals surface area contributed by atoms with Gasteiger partial charge in [0.05, 0.1) is 23.6 Å². The number of halogens is 2. The zero-order chi connectivity index (χ0) is 14.7. The summed E-state index contributed by atoms with van der Waals surface area (Å²) in [6.07, 6.45) is 1.30. The van der Waals surface area contributed by atoms with Gasteiger partial charge in [0.1, 0.15) is 5.76 Å². The Kier molecular flexibility index (Phi) is 4.54. The van der Waals surface area contributed by atoms with Crippen LogP contribution in [-0.4, -0.2) is 16.2 Å². The summed E-state index contributed by atoms with van der Waals surface area (Å²) >= 11 is 11.8. The van der Waals surface area contributed by atoms with Crippen LogP contribution in [0.25, 0.3) is 0 Å². The number of carboxylic acids is 1. The van der Waals surface area contributed by atoms with Crippen LogP contribution in [0.4, 0.5) is 5.69 Å². The van der Waals surface area contributed by atoms with E-state index in [0.717, 1.165) is 0 Å². The van der Waals surface area contributed by atoms with Gasteiger partial charge in [0.25, 0.3) is 0 Å². The number of carboxylic acid groups (broad SMARTS) is 1. The molecule has 0 bridgehead atoms. The van der Waals surface area contributed by atoms with Gasteiger partial charge in [0.15, 0.2) is 6.04 Å². The molecular weight excluding hydrogens is 305 g/mol. The first-order chi connectivity index (χ1) is 9.51. The molecule has 0 saturated heterocycles. The van der Waals surface area contributed by atoms with Crippen molar-refractivity contribution in [2.24, 2.45) is 0 Å². The van der Waals surface area contributed by atoms with E-state index in [2.05, 4.69) is 5.32 Å². The molecular formula is C13H11Cl2NO4. The van der Waals surface area contributed by atoms with Crippen molar-refractivity contribution in [2.75, 3.05) is 5.32 Å². The zero-order valence-corrected chi connectivity index (χ0v) is 11.6. The van der Waals surface area contributed by atoms with Gasteiger partial charge in [-0.15, -0.1) is 0 Å². The Labute approximate surface area is 124 Å². The molecule has 1 atom stereocenters. The van der Waals surface area contributed by atoms with Gasteiger partial charge in [-0.3, -0.25) is 0 Å². The summed E-state index contributed by atoms with van der Waals surface area (Å²) in [4.78, 5) is 11.3. The SMILES string of the molecule is O=C(O)C(Nc1ccc(Cl)cc1Cl)c1cc(CO)co1. The highest BCUT2D eigenvalue weighted by atomic mass is 35.5. The van der Waals surface area contributed by atoms with E-state index in [1.165, 1.54) is 18.4 Å². The van der Waals surface area contributed by atoms with E-state index >= 15 is 0 Å². The standard InChI is InChI=1S/C13H11Cl2NO4/c14-8-1-2-10(9(15)4-8)16-12(13(18)19)11-3-7(5-17)6-20-11/h1-4,6,12,16-17H,5H2,(H,18,19). The highest BCUT2D eigenvalue weighted by Crippen LogP contribution is 2.29. The van der Waals surface area contributed by atoms with Crippen LogP contribution in [-0.2, 0) is 11.4 Å². The molecule has 5 nitrogen and oxygen atoms in total. The second-order valence-electron chi connectivity index (χ2n) is 4.06. The van der Waals surface area contributed by atoms with Gasteiger partial charge in [0, 0.05) is 10.6 Å². The predicted molar refractivity (Wildman–Crippen MR) is 75.1 cm³/mol. The minimum Gasteiger partial charge on any atom is -0.479 e. The first kappa shape index (κ1) is 14.7. The van der Waals surface area contributed by atoms with E-state index in [-0.39, 0.29) is 12.4 Å². The van der Waals surface area contributed by atoms with Gasteiger partial charge in [-0.25, -0.2) is 4.79 Å². The molecule has 0 aliphatic carbocycles. The number of benzene rings is 1. The normalized spacial score (nSPS) is 12.2. The summed E-state index contributed by atoms with van der Waals surface area (Å²) in [7, 11) is 0. The van der Waals surface area contributed by atoms with Gasteiger partial charge in [-0.2, -0.15) is 0 Å². The van der Waals surface area contributed by atoms with Crippen LogP contribution in [0.15, 0.2) is 34.9 Å². The van der Waals surface area contributed by atoms with E-state index in [0.29, 0.717) is 21.3 Å². The van der Waals surface area contributed by atoms with E-state index in [1.807, 2.05) is 0 Å². The fourth-order valence-corrected chi connectivity index (χ4v) is 2.11. The Morgan fingerprint density at radius 3 is 2.65 bits per heavy atom. The fourth-order valence-electron chi connectivity index (χ4n) is 1.65. The summed E-state index contributed by atoms with van der Waals surface area (Å²) in [5.41, 5.74) is 0.917. The van der Waals surface area contributed by atoms with Crippen molar-refractivity contribution in [1.29, 1.82) is 0 Å². The lowest BCUT2D eigenvalue weighted by Crippen LogP contribution is -2.20. The number of carbonyl (C=O) groups is 1. The predicted octanol–water partition coefficient (Wildman–Crippen LogP) is 3.32. The summed E-state index contributed by atoms with van der Waals surface area (Å²) in [6, 6.07) is 5.03. The Bertz CT molecular complexity index is 627. The lowest BCUT2D eigenvalue weighted by molar-refractivity contribution is -0.138. The molecule has 0 saturated carbocycles. The maximum Gasteiger partial charge on any atom is 0.334 e. The van der Waals surface area contributed by atoms with Crippen molar-refractivity contribution in [3.63, 3.8) is 0 Å². The largest absolute Gasteiger partial charge is 0.479 e. The second-order valence-corrected chi connectivity index (χ2v) is 4.90. The average molecular weight is 316 g/mol. The number of rotatable bonds is 5. The van der Waals surface area contributed by atoms with Crippen LogP contribution in [0.3, 0.4) is 0 Å². The van der Waals surface area contributed by atoms with E-state index < -0.39 is 12.0 Å². The van der Waals surface area contributed by atoms with Crippen LogP contribution in [0, 0.1) is 0 Å². The van der Waals surface area contributed by atoms with Gasteiger partial charge in [-0.1, -0.05) is 23.2 Å².